The number of sulfone groups is 1. The lowest BCUT2D eigenvalue weighted by Gasteiger charge is -2.32. The molecule has 0 amide bonds. The van der Waals surface area contributed by atoms with Crippen LogP contribution in [-0.2, 0) is 9.84 Å². The van der Waals surface area contributed by atoms with E-state index in [9.17, 15) is 8.42 Å². The number of fused-ring (bicyclic) bond motifs is 1. The summed E-state index contributed by atoms with van der Waals surface area (Å²) in [4.78, 5) is 0.460. The monoisotopic (exact) mass is 331 g/mol. The zero-order valence-corrected chi connectivity index (χ0v) is 13.2. The van der Waals surface area contributed by atoms with Gasteiger partial charge in [-0.1, -0.05) is 26.0 Å². The minimum Gasteiger partial charge on any atom is -0.308 e. The molecule has 0 bridgehead atoms. The average Bonchev–Trinajstić information content (AvgIpc) is 2.25. The standard InChI is InChI=1S/C13H18BrNO2S/c1-8(2)15-12-7-9(3)18(16,17)13-10(12)5-4-6-11(13)14/h4-6,8-9,12,15H,7H2,1-3H3. The second-order valence-corrected chi connectivity index (χ2v) is 8.28. The Morgan fingerprint density at radius 2 is 2.06 bits per heavy atom. The van der Waals surface area contributed by atoms with Crippen molar-refractivity contribution in [3.63, 3.8) is 0 Å². The predicted molar refractivity (Wildman–Crippen MR) is 76.4 cm³/mol. The molecule has 1 aromatic rings. The largest absolute Gasteiger partial charge is 0.308 e. The van der Waals surface area contributed by atoms with Crippen molar-refractivity contribution in [2.75, 3.05) is 0 Å². The Morgan fingerprint density at radius 3 is 2.67 bits per heavy atom. The summed E-state index contributed by atoms with van der Waals surface area (Å²) in [7, 11) is -3.21. The molecule has 0 fully saturated rings. The summed E-state index contributed by atoms with van der Waals surface area (Å²) in [5, 5.41) is 3.10. The van der Waals surface area contributed by atoms with Crippen LogP contribution in [-0.4, -0.2) is 19.7 Å². The summed E-state index contributed by atoms with van der Waals surface area (Å²) in [5.41, 5.74) is 0.885. The minimum absolute atomic E-state index is 0.107. The van der Waals surface area contributed by atoms with Crippen molar-refractivity contribution in [3.8, 4) is 0 Å². The zero-order chi connectivity index (χ0) is 13.5. The third kappa shape index (κ3) is 2.36. The zero-order valence-electron chi connectivity index (χ0n) is 10.8. The number of hydrogen-bond donors (Lipinski definition) is 1. The second-order valence-electron chi connectivity index (χ2n) is 5.12. The van der Waals surface area contributed by atoms with Gasteiger partial charge < -0.3 is 5.32 Å². The lowest BCUT2D eigenvalue weighted by molar-refractivity contribution is 0.427. The van der Waals surface area contributed by atoms with Crippen molar-refractivity contribution < 1.29 is 8.42 Å². The van der Waals surface area contributed by atoms with Crippen molar-refractivity contribution in [1.82, 2.24) is 5.32 Å². The molecule has 1 heterocycles. The van der Waals surface area contributed by atoms with Crippen LogP contribution < -0.4 is 5.32 Å². The first kappa shape index (κ1) is 14.0. The van der Waals surface area contributed by atoms with E-state index in [1.165, 1.54) is 0 Å². The summed E-state index contributed by atoms with van der Waals surface area (Å²) in [6.45, 7) is 5.93. The van der Waals surface area contributed by atoms with Gasteiger partial charge in [0.25, 0.3) is 0 Å². The Balaban J connectivity index is 2.59. The van der Waals surface area contributed by atoms with E-state index in [1.807, 2.05) is 12.1 Å². The van der Waals surface area contributed by atoms with Crippen LogP contribution in [0.2, 0.25) is 0 Å². The van der Waals surface area contributed by atoms with Crippen LogP contribution in [0.25, 0.3) is 0 Å². The summed E-state index contributed by atoms with van der Waals surface area (Å²) in [6.07, 6.45) is 0.629. The van der Waals surface area contributed by atoms with Crippen LogP contribution >= 0.6 is 15.9 Å². The summed E-state index contributed by atoms with van der Waals surface area (Å²) >= 11 is 3.37. The van der Waals surface area contributed by atoms with Crippen LogP contribution in [0.4, 0.5) is 0 Å². The molecule has 18 heavy (non-hydrogen) atoms. The molecule has 0 aromatic heterocycles. The molecule has 0 aliphatic carbocycles. The van der Waals surface area contributed by atoms with E-state index in [2.05, 4.69) is 35.1 Å². The van der Waals surface area contributed by atoms with Crippen LogP contribution in [0.15, 0.2) is 27.6 Å². The highest BCUT2D eigenvalue weighted by Gasteiger charge is 2.37. The number of halogens is 1. The fourth-order valence-corrected chi connectivity index (χ4v) is 5.23. The fourth-order valence-electron chi connectivity index (χ4n) is 2.45. The quantitative estimate of drug-likeness (QED) is 0.905. The van der Waals surface area contributed by atoms with E-state index in [1.54, 1.807) is 13.0 Å². The molecular formula is C13H18BrNO2S. The van der Waals surface area contributed by atoms with Crippen LogP contribution in [0.3, 0.4) is 0 Å². The summed E-state index contributed by atoms with van der Waals surface area (Å²) in [6, 6.07) is 6.03. The number of benzene rings is 1. The molecule has 0 saturated heterocycles. The number of hydrogen-bond acceptors (Lipinski definition) is 3. The van der Waals surface area contributed by atoms with Gasteiger partial charge in [-0.05, 0) is 40.9 Å². The van der Waals surface area contributed by atoms with Gasteiger partial charge >= 0.3 is 0 Å². The molecule has 1 N–H and O–H groups in total. The SMILES string of the molecule is CC(C)NC1CC(C)S(=O)(=O)c2c(Br)cccc21. The highest BCUT2D eigenvalue weighted by atomic mass is 79.9. The number of nitrogens with one attached hydrogen (secondary N) is 1. The Morgan fingerprint density at radius 1 is 1.39 bits per heavy atom. The molecule has 1 aliphatic heterocycles. The lowest BCUT2D eigenvalue weighted by atomic mass is 10.0. The smallest absolute Gasteiger partial charge is 0.182 e. The predicted octanol–water partition coefficient (Wildman–Crippen LogP) is 3.05. The van der Waals surface area contributed by atoms with Crippen molar-refractivity contribution in [3.05, 3.63) is 28.2 Å². The van der Waals surface area contributed by atoms with Crippen molar-refractivity contribution in [1.29, 1.82) is 0 Å². The maximum absolute atomic E-state index is 12.4. The molecular weight excluding hydrogens is 314 g/mol. The van der Waals surface area contributed by atoms with Gasteiger partial charge in [0.2, 0.25) is 0 Å². The second kappa shape index (κ2) is 4.94. The van der Waals surface area contributed by atoms with Crippen LogP contribution in [0.5, 0.6) is 0 Å². The van der Waals surface area contributed by atoms with Gasteiger partial charge in [0.15, 0.2) is 9.84 Å². The van der Waals surface area contributed by atoms with Crippen molar-refractivity contribution in [2.45, 2.75) is 49.4 Å². The molecule has 3 nitrogen and oxygen atoms in total. The van der Waals surface area contributed by atoms with E-state index in [-0.39, 0.29) is 11.3 Å². The van der Waals surface area contributed by atoms with E-state index in [0.717, 1.165) is 5.56 Å². The van der Waals surface area contributed by atoms with E-state index < -0.39 is 9.84 Å². The molecule has 0 spiro atoms. The third-order valence-electron chi connectivity index (χ3n) is 3.29. The van der Waals surface area contributed by atoms with E-state index in [4.69, 9.17) is 0 Å². The molecule has 2 rings (SSSR count). The molecule has 1 aliphatic rings. The fraction of sp³-hybridized carbons (Fsp3) is 0.538. The Hall–Kier alpha value is -0.390. The highest BCUT2D eigenvalue weighted by molar-refractivity contribution is 9.10. The van der Waals surface area contributed by atoms with Gasteiger partial charge in [0.05, 0.1) is 10.1 Å². The number of rotatable bonds is 2. The first-order valence-electron chi connectivity index (χ1n) is 6.12. The lowest BCUT2D eigenvalue weighted by Crippen LogP contribution is -2.37. The van der Waals surface area contributed by atoms with Gasteiger partial charge in [0.1, 0.15) is 0 Å². The molecule has 100 valence electrons. The first-order valence-corrected chi connectivity index (χ1v) is 8.46. The molecule has 5 heteroatoms. The Labute approximate surface area is 117 Å². The van der Waals surface area contributed by atoms with E-state index in [0.29, 0.717) is 21.8 Å². The molecule has 1 aromatic carbocycles. The molecule has 2 atom stereocenters. The molecule has 0 saturated carbocycles. The molecule has 2 unspecified atom stereocenters. The molecule has 0 radical (unpaired) electrons. The maximum Gasteiger partial charge on any atom is 0.182 e. The first-order chi connectivity index (χ1) is 8.34. The van der Waals surface area contributed by atoms with Gasteiger partial charge in [-0.15, -0.1) is 0 Å². The summed E-state index contributed by atoms with van der Waals surface area (Å²) in [5.74, 6) is 0. The summed E-state index contributed by atoms with van der Waals surface area (Å²) < 4.78 is 25.5. The maximum atomic E-state index is 12.4. The van der Waals surface area contributed by atoms with Gasteiger partial charge in [-0.3, -0.25) is 0 Å². The van der Waals surface area contributed by atoms with Gasteiger partial charge in [0, 0.05) is 16.6 Å². The Bertz CT molecular complexity index is 554. The van der Waals surface area contributed by atoms with Crippen molar-refractivity contribution >= 4 is 25.8 Å². The van der Waals surface area contributed by atoms with Gasteiger partial charge in [-0.25, -0.2) is 8.42 Å². The van der Waals surface area contributed by atoms with Gasteiger partial charge in [-0.2, -0.15) is 0 Å². The van der Waals surface area contributed by atoms with Crippen molar-refractivity contribution in [2.24, 2.45) is 0 Å². The van der Waals surface area contributed by atoms with E-state index >= 15 is 0 Å². The Kier molecular flexibility index (Phi) is 3.85. The minimum atomic E-state index is -3.21. The highest BCUT2D eigenvalue weighted by Crippen LogP contribution is 2.40. The third-order valence-corrected chi connectivity index (χ3v) is 6.49. The van der Waals surface area contributed by atoms with Crippen LogP contribution in [0.1, 0.15) is 38.8 Å². The normalized spacial score (nSPS) is 26.1. The average molecular weight is 332 g/mol. The van der Waals surface area contributed by atoms with Crippen LogP contribution in [0, 0.1) is 0 Å². The topological polar surface area (TPSA) is 46.2 Å².